The average molecular weight is 1430 g/mol. The van der Waals surface area contributed by atoms with Crippen molar-refractivity contribution in [2.45, 2.75) is 484 Å². The third kappa shape index (κ3) is 130. The van der Waals surface area contributed by atoms with E-state index in [0.717, 1.165) is 70.6 Å². The fourth-order valence-corrected chi connectivity index (χ4v) is 11.7. The predicted molar refractivity (Wildman–Crippen MR) is 433 cm³/mol. The normalized spacial score (nSPS) is 11.1. The van der Waals surface area contributed by atoms with Gasteiger partial charge in [-0.3, -0.25) is 19.2 Å². The molecule has 0 aromatic rings. The first kappa shape index (κ1) is 109. The molecule has 0 aliphatic carbocycles. The van der Waals surface area contributed by atoms with Gasteiger partial charge in [-0.1, -0.05) is 352 Å². The maximum Gasteiger partial charge on any atom is 1.00 e. The van der Waals surface area contributed by atoms with Crippen molar-refractivity contribution in [3.63, 3.8) is 0 Å². The Kier molecular flexibility index (Phi) is 114. The zero-order valence-corrected chi connectivity index (χ0v) is 70.0. The zero-order chi connectivity index (χ0) is 74.5. The molecule has 0 atom stereocenters. The van der Waals surface area contributed by atoms with Gasteiger partial charge >= 0.3 is 53.4 Å². The van der Waals surface area contributed by atoms with Gasteiger partial charge in [0.2, 0.25) is 0 Å². The number of carboxylic acids is 5. The van der Waals surface area contributed by atoms with E-state index < -0.39 is 29.8 Å². The molecule has 0 fully saturated rings. The Bertz CT molecular complexity index is 1470. The molecule has 0 saturated carbocycles. The molecule has 0 radical (unpaired) electrons. The Labute approximate surface area is 649 Å². The van der Waals surface area contributed by atoms with Crippen LogP contribution in [0.2, 0.25) is 0 Å². The van der Waals surface area contributed by atoms with Crippen LogP contribution in [0.25, 0.3) is 0 Å². The second kappa shape index (κ2) is 106. The fourth-order valence-electron chi connectivity index (χ4n) is 11.7. The van der Waals surface area contributed by atoms with Crippen LogP contribution in [-0.2, 0) is 24.0 Å². The van der Waals surface area contributed by atoms with E-state index in [4.69, 9.17) is 20.4 Å². The molecule has 0 aliphatic rings. The Balaban J connectivity index is -0.000000279. The van der Waals surface area contributed by atoms with E-state index in [2.05, 4.69) is 95.4 Å². The van der Waals surface area contributed by atoms with E-state index in [-0.39, 0.29) is 36.0 Å². The molecule has 590 valence electrons. The summed E-state index contributed by atoms with van der Waals surface area (Å²) in [5.41, 5.74) is 0. The summed E-state index contributed by atoms with van der Waals surface area (Å²) in [5.74, 6) is -3.57. The number of unbranched alkanes of at least 4 members (excludes halogenated alkanes) is 55. The molecule has 4 N–H and O–H groups in total. The molecule has 0 heterocycles. The number of rotatable bonds is 75. The minimum absolute atomic E-state index is 0. The monoisotopic (exact) mass is 1430 g/mol. The van der Waals surface area contributed by atoms with Gasteiger partial charge in [-0.25, -0.2) is 0 Å². The van der Waals surface area contributed by atoms with Gasteiger partial charge in [0.15, 0.2) is 0 Å². The Morgan fingerprint density at radius 2 is 0.297 bits per heavy atom. The number of aliphatic carboxylic acids is 5. The number of carbonyl (C=O) groups excluding carboxylic acids is 1. The molecule has 0 spiro atoms. The van der Waals surface area contributed by atoms with E-state index in [0.29, 0.717) is 25.7 Å². The largest absolute Gasteiger partial charge is 1.00 e. The number of hydrogen-bond acceptors (Lipinski definition) is 6. The van der Waals surface area contributed by atoms with Gasteiger partial charge in [-0.2, -0.15) is 0 Å². The molecule has 0 rings (SSSR count). The molecule has 0 bridgehead atoms. The van der Waals surface area contributed by atoms with Crippen molar-refractivity contribution < 1.29 is 79.1 Å². The maximum atomic E-state index is 10.3. The van der Waals surface area contributed by atoms with Crippen molar-refractivity contribution in [1.82, 2.24) is 0 Å². The third-order valence-electron chi connectivity index (χ3n) is 18.3. The van der Waals surface area contributed by atoms with Crippen molar-refractivity contribution in [3.8, 4) is 0 Å². The van der Waals surface area contributed by atoms with Crippen LogP contribution >= 0.6 is 0 Å². The average Bonchev–Trinajstić information content (AvgIpc) is 3.67. The fraction of sp³-hybridized carbons (Fsp3) is 0.833. The molecule has 0 aromatic heterocycles. The van der Waals surface area contributed by atoms with Crippen LogP contribution in [0.4, 0.5) is 0 Å². The molecular formula is C90H169NaO10. The van der Waals surface area contributed by atoms with Crippen LogP contribution < -0.4 is 34.7 Å². The van der Waals surface area contributed by atoms with Crippen molar-refractivity contribution in [2.75, 3.05) is 0 Å². The smallest absolute Gasteiger partial charge is 0.550 e. The number of carboxylic acid groups (broad SMARTS) is 5. The van der Waals surface area contributed by atoms with Crippen LogP contribution in [0.1, 0.15) is 484 Å². The summed E-state index contributed by atoms with van der Waals surface area (Å²) >= 11 is 0. The van der Waals surface area contributed by atoms with E-state index >= 15 is 0 Å². The predicted octanol–water partition coefficient (Wildman–Crippen LogP) is 26.2. The SMILES string of the molecule is CCCCCCCC/C=C\CCCCCCCC(=O)O.CCCCCCCC/C=C\CCCCCCCC(=O)O.CCCCCCCC/C=C\CCCCCCCC(=O)O.CCCCCCCC/C=C\CCCCCCCC(=O)O.CCCCCCCC/C=C\CCCCCCCC(=O)[O-].[Na+]. The van der Waals surface area contributed by atoms with Gasteiger partial charge in [0.25, 0.3) is 0 Å². The molecular weight excluding hydrogens is 1260 g/mol. The molecule has 10 nitrogen and oxygen atoms in total. The van der Waals surface area contributed by atoms with E-state index in [1.165, 1.54) is 347 Å². The van der Waals surface area contributed by atoms with Gasteiger partial charge in [0, 0.05) is 31.7 Å². The Morgan fingerprint density at radius 3 is 0.416 bits per heavy atom. The van der Waals surface area contributed by atoms with E-state index in [9.17, 15) is 29.1 Å². The van der Waals surface area contributed by atoms with Gasteiger partial charge in [0.05, 0.1) is 0 Å². The summed E-state index contributed by atoms with van der Waals surface area (Å²) in [4.78, 5) is 51.5. The molecule has 0 saturated heterocycles. The summed E-state index contributed by atoms with van der Waals surface area (Å²) in [7, 11) is 0. The first-order chi connectivity index (χ1) is 48.9. The van der Waals surface area contributed by atoms with Crippen molar-refractivity contribution in [1.29, 1.82) is 0 Å². The molecule has 0 aliphatic heterocycles. The maximum absolute atomic E-state index is 10.3. The summed E-state index contributed by atoms with van der Waals surface area (Å²) in [6, 6.07) is 0. The molecule has 101 heavy (non-hydrogen) atoms. The number of allylic oxidation sites excluding steroid dienone is 10. The Hall–Kier alpha value is -2.95. The van der Waals surface area contributed by atoms with E-state index in [1.807, 2.05) is 0 Å². The van der Waals surface area contributed by atoms with Crippen LogP contribution in [0.5, 0.6) is 0 Å². The molecule has 0 amide bonds. The quantitative estimate of drug-likeness (QED) is 0.0259. The second-order valence-electron chi connectivity index (χ2n) is 28.6. The van der Waals surface area contributed by atoms with Crippen LogP contribution in [0.15, 0.2) is 60.8 Å². The summed E-state index contributed by atoms with van der Waals surface area (Å²) in [6.45, 7) is 11.3. The van der Waals surface area contributed by atoms with E-state index in [1.54, 1.807) is 0 Å². The van der Waals surface area contributed by atoms with Crippen molar-refractivity contribution in [3.05, 3.63) is 60.8 Å². The van der Waals surface area contributed by atoms with Gasteiger partial charge in [-0.05, 0) is 167 Å². The minimum Gasteiger partial charge on any atom is -0.550 e. The molecule has 11 heteroatoms. The standard InChI is InChI=1S/5C18H34O2.Na/c5*1-2-3-4-5-6-7-8-9-10-11-12-13-14-15-16-17-18(19)20;/h5*9-10H,2-8,11-17H2,1H3,(H,19,20);/q;;;;;+1/p-1/b5*10-9-;. The summed E-state index contributed by atoms with van der Waals surface area (Å²) in [5, 5.41) is 44.2. The van der Waals surface area contributed by atoms with Crippen molar-refractivity contribution in [2.24, 2.45) is 0 Å². The third-order valence-corrected chi connectivity index (χ3v) is 18.3. The zero-order valence-electron chi connectivity index (χ0n) is 68.0. The number of carbonyl (C=O) groups is 5. The van der Waals surface area contributed by atoms with Gasteiger partial charge < -0.3 is 30.3 Å². The first-order valence-electron chi connectivity index (χ1n) is 43.2. The van der Waals surface area contributed by atoms with Crippen LogP contribution in [0, 0.1) is 0 Å². The van der Waals surface area contributed by atoms with Crippen molar-refractivity contribution >= 4 is 29.8 Å². The number of hydrogen-bond donors (Lipinski definition) is 4. The first-order valence-corrected chi connectivity index (χ1v) is 43.2. The van der Waals surface area contributed by atoms with Crippen LogP contribution in [-0.4, -0.2) is 50.3 Å². The van der Waals surface area contributed by atoms with Gasteiger partial charge in [0.1, 0.15) is 0 Å². The summed E-state index contributed by atoms with van der Waals surface area (Å²) in [6.07, 6.45) is 106. The minimum atomic E-state index is -0.914. The van der Waals surface area contributed by atoms with Crippen LogP contribution in [0.3, 0.4) is 0 Å². The summed E-state index contributed by atoms with van der Waals surface area (Å²) < 4.78 is 0. The molecule has 0 unspecified atom stereocenters. The topological polar surface area (TPSA) is 189 Å². The molecule has 0 aromatic carbocycles. The second-order valence-corrected chi connectivity index (χ2v) is 28.6. The van der Waals surface area contributed by atoms with Gasteiger partial charge in [-0.15, -0.1) is 0 Å². The Morgan fingerprint density at radius 1 is 0.188 bits per heavy atom.